The van der Waals surface area contributed by atoms with Gasteiger partial charge in [0.15, 0.2) is 9.84 Å². The number of sulfone groups is 1. The van der Waals surface area contributed by atoms with Crippen LogP contribution in [0.1, 0.15) is 60.8 Å². The summed E-state index contributed by atoms with van der Waals surface area (Å²) >= 11 is 0. The number of hydrogen-bond donors (Lipinski definition) is 0. The Morgan fingerprint density at radius 2 is 1.35 bits per heavy atom. The summed E-state index contributed by atoms with van der Waals surface area (Å²) in [7, 11) is -3.48. The monoisotopic (exact) mass is 350 g/mol. The number of carbonyl (C=O) groups is 2. The third-order valence-electron chi connectivity index (χ3n) is 2.77. The normalized spacial score (nSPS) is 12.8. The number of ether oxygens (including phenoxy) is 2. The fraction of sp³-hybridized carbons (Fsp3) is 0.875. The average molecular weight is 350 g/mol. The van der Waals surface area contributed by atoms with Crippen LogP contribution in [0, 0.1) is 5.41 Å². The van der Waals surface area contributed by atoms with Crippen molar-refractivity contribution in [2.75, 3.05) is 18.1 Å². The molecule has 0 aliphatic rings. The summed E-state index contributed by atoms with van der Waals surface area (Å²) in [5, 5.41) is 0. The SMILES string of the molecule is CC(C)(C)CCOC(=O)CCS(=O)(=O)CCC(=O)OC(C)(C)C. The first-order valence-electron chi connectivity index (χ1n) is 7.78. The molecule has 0 N–H and O–H groups in total. The van der Waals surface area contributed by atoms with E-state index in [-0.39, 0.29) is 36.4 Å². The third-order valence-corrected chi connectivity index (χ3v) is 4.42. The van der Waals surface area contributed by atoms with Crippen molar-refractivity contribution in [3.63, 3.8) is 0 Å². The molecule has 6 nitrogen and oxygen atoms in total. The van der Waals surface area contributed by atoms with Gasteiger partial charge in [-0.1, -0.05) is 20.8 Å². The minimum Gasteiger partial charge on any atom is -0.466 e. The molecule has 136 valence electrons. The summed E-state index contributed by atoms with van der Waals surface area (Å²) in [6.07, 6.45) is 0.309. The molecule has 0 aliphatic heterocycles. The molecule has 0 bridgehead atoms. The predicted octanol–water partition coefficient (Wildman–Crippen LogP) is 2.50. The van der Waals surface area contributed by atoms with E-state index < -0.39 is 27.4 Å². The molecular formula is C16H30O6S. The third kappa shape index (κ3) is 14.2. The largest absolute Gasteiger partial charge is 0.466 e. The Bertz CT molecular complexity index is 494. The van der Waals surface area contributed by atoms with Crippen molar-refractivity contribution in [1.29, 1.82) is 0 Å². The van der Waals surface area contributed by atoms with Crippen molar-refractivity contribution >= 4 is 21.8 Å². The fourth-order valence-electron chi connectivity index (χ4n) is 1.52. The van der Waals surface area contributed by atoms with Crippen molar-refractivity contribution < 1.29 is 27.5 Å². The maximum absolute atomic E-state index is 11.8. The van der Waals surface area contributed by atoms with E-state index in [1.54, 1.807) is 20.8 Å². The topological polar surface area (TPSA) is 86.7 Å². The van der Waals surface area contributed by atoms with Gasteiger partial charge in [-0.2, -0.15) is 0 Å². The first-order valence-corrected chi connectivity index (χ1v) is 9.60. The van der Waals surface area contributed by atoms with E-state index in [9.17, 15) is 18.0 Å². The number of hydrogen-bond acceptors (Lipinski definition) is 6. The van der Waals surface area contributed by atoms with Gasteiger partial charge in [0.25, 0.3) is 0 Å². The minimum absolute atomic E-state index is 0.0553. The lowest BCUT2D eigenvalue weighted by atomic mass is 9.93. The lowest BCUT2D eigenvalue weighted by molar-refractivity contribution is -0.154. The Balaban J connectivity index is 4.09. The van der Waals surface area contributed by atoms with E-state index in [4.69, 9.17) is 9.47 Å². The van der Waals surface area contributed by atoms with Gasteiger partial charge in [-0.3, -0.25) is 9.59 Å². The van der Waals surface area contributed by atoms with E-state index in [0.29, 0.717) is 6.42 Å². The highest BCUT2D eigenvalue weighted by atomic mass is 32.2. The summed E-state index contributed by atoms with van der Waals surface area (Å²) in [6, 6.07) is 0. The highest BCUT2D eigenvalue weighted by Gasteiger charge is 2.20. The van der Waals surface area contributed by atoms with Crippen molar-refractivity contribution in [3.05, 3.63) is 0 Å². The molecule has 0 aliphatic carbocycles. The first-order chi connectivity index (χ1) is 10.2. The summed E-state index contributed by atoms with van der Waals surface area (Å²) in [4.78, 5) is 23.0. The Labute approximate surface area is 139 Å². The van der Waals surface area contributed by atoms with Crippen molar-refractivity contribution in [1.82, 2.24) is 0 Å². The quantitative estimate of drug-likeness (QED) is 0.625. The van der Waals surface area contributed by atoms with Crippen LogP contribution in [0.3, 0.4) is 0 Å². The predicted molar refractivity (Wildman–Crippen MR) is 88.8 cm³/mol. The van der Waals surface area contributed by atoms with Crippen LogP contribution in [-0.4, -0.2) is 44.1 Å². The zero-order valence-corrected chi connectivity index (χ0v) is 15.9. The van der Waals surface area contributed by atoms with E-state index in [2.05, 4.69) is 0 Å². The van der Waals surface area contributed by atoms with E-state index >= 15 is 0 Å². The number of rotatable bonds is 8. The molecule has 0 aromatic heterocycles. The molecule has 0 saturated heterocycles. The van der Waals surface area contributed by atoms with Crippen molar-refractivity contribution in [3.8, 4) is 0 Å². The molecular weight excluding hydrogens is 320 g/mol. The minimum atomic E-state index is -3.48. The van der Waals surface area contributed by atoms with Crippen LogP contribution in [0.15, 0.2) is 0 Å². The van der Waals surface area contributed by atoms with Crippen LogP contribution in [0.2, 0.25) is 0 Å². The second-order valence-electron chi connectivity index (χ2n) is 7.77. The Morgan fingerprint density at radius 1 is 0.870 bits per heavy atom. The summed E-state index contributed by atoms with van der Waals surface area (Å²) < 4.78 is 33.7. The molecule has 0 amide bonds. The first kappa shape index (κ1) is 21.9. The molecule has 0 heterocycles. The lowest BCUT2D eigenvalue weighted by Gasteiger charge is -2.19. The van der Waals surface area contributed by atoms with Gasteiger partial charge < -0.3 is 9.47 Å². The molecule has 0 aromatic rings. The van der Waals surface area contributed by atoms with Gasteiger partial charge in [-0.25, -0.2) is 8.42 Å². The Hall–Kier alpha value is -1.11. The zero-order chi connectivity index (χ0) is 18.3. The Morgan fingerprint density at radius 3 is 1.78 bits per heavy atom. The average Bonchev–Trinajstić information content (AvgIpc) is 2.31. The standard InChI is InChI=1S/C16H30O6S/c1-15(2,3)9-10-21-13(17)7-11-23(19,20)12-8-14(18)22-16(4,5)6/h7-12H2,1-6H3. The molecule has 0 aromatic carbocycles. The second kappa shape index (κ2) is 8.66. The van der Waals surface area contributed by atoms with Crippen molar-refractivity contribution in [2.24, 2.45) is 5.41 Å². The highest BCUT2D eigenvalue weighted by Crippen LogP contribution is 2.18. The summed E-state index contributed by atoms with van der Waals surface area (Å²) in [6.45, 7) is 11.5. The summed E-state index contributed by atoms with van der Waals surface area (Å²) in [5.74, 6) is -1.73. The van der Waals surface area contributed by atoms with Crippen LogP contribution in [0.25, 0.3) is 0 Å². The van der Waals surface area contributed by atoms with Crippen LogP contribution < -0.4 is 0 Å². The number of esters is 2. The van der Waals surface area contributed by atoms with Crippen LogP contribution in [0.5, 0.6) is 0 Å². The van der Waals surface area contributed by atoms with Crippen LogP contribution in [0.4, 0.5) is 0 Å². The van der Waals surface area contributed by atoms with Gasteiger partial charge in [0, 0.05) is 0 Å². The highest BCUT2D eigenvalue weighted by molar-refractivity contribution is 7.91. The second-order valence-corrected chi connectivity index (χ2v) is 10.1. The van der Waals surface area contributed by atoms with E-state index in [1.165, 1.54) is 0 Å². The molecule has 23 heavy (non-hydrogen) atoms. The lowest BCUT2D eigenvalue weighted by Crippen LogP contribution is -2.26. The molecule has 0 spiro atoms. The van der Waals surface area contributed by atoms with Gasteiger partial charge in [0.2, 0.25) is 0 Å². The molecule has 0 rings (SSSR count). The fourth-order valence-corrected chi connectivity index (χ4v) is 2.67. The maximum atomic E-state index is 11.8. The smallest absolute Gasteiger partial charge is 0.307 e. The van der Waals surface area contributed by atoms with Gasteiger partial charge in [-0.15, -0.1) is 0 Å². The zero-order valence-electron chi connectivity index (χ0n) is 15.1. The van der Waals surface area contributed by atoms with E-state index in [0.717, 1.165) is 0 Å². The maximum Gasteiger partial charge on any atom is 0.307 e. The van der Waals surface area contributed by atoms with E-state index in [1.807, 2.05) is 20.8 Å². The molecule has 0 atom stereocenters. The molecule has 0 unspecified atom stereocenters. The van der Waals surface area contributed by atoms with Gasteiger partial charge in [0.05, 0.1) is 31.0 Å². The summed E-state index contributed by atoms with van der Waals surface area (Å²) in [5.41, 5.74) is -0.586. The van der Waals surface area contributed by atoms with Gasteiger partial charge in [0.1, 0.15) is 5.60 Å². The number of carbonyl (C=O) groups excluding carboxylic acids is 2. The Kier molecular flexibility index (Phi) is 8.24. The molecule has 0 saturated carbocycles. The van der Waals surface area contributed by atoms with Crippen molar-refractivity contribution in [2.45, 2.75) is 66.4 Å². The van der Waals surface area contributed by atoms with Crippen LogP contribution >= 0.6 is 0 Å². The molecule has 7 heteroatoms. The van der Waals surface area contributed by atoms with Gasteiger partial charge in [-0.05, 0) is 32.6 Å². The molecule has 0 fully saturated rings. The van der Waals surface area contributed by atoms with Crippen LogP contribution in [-0.2, 0) is 28.9 Å². The van der Waals surface area contributed by atoms with Gasteiger partial charge >= 0.3 is 11.9 Å². The molecule has 0 radical (unpaired) electrons.